The Kier molecular flexibility index (Phi) is 3.73. The van der Waals surface area contributed by atoms with Gasteiger partial charge in [0.05, 0.1) is 19.8 Å². The number of benzene rings is 1. The first-order valence-corrected chi connectivity index (χ1v) is 5.07. The highest BCUT2D eigenvalue weighted by Crippen LogP contribution is 2.40. The van der Waals surface area contributed by atoms with Gasteiger partial charge in [0.25, 0.3) is 5.92 Å². The number of methoxy groups -OCH3 is 2. The zero-order valence-corrected chi connectivity index (χ0v) is 9.93. The number of hydrogen-bond donors (Lipinski definition) is 0. The van der Waals surface area contributed by atoms with Crippen LogP contribution in [0.4, 0.5) is 8.78 Å². The minimum Gasteiger partial charge on any atom is -0.496 e. The number of hydrogen-bond acceptors (Lipinski definition) is 2. The monoisotopic (exact) mass is 230 g/mol. The van der Waals surface area contributed by atoms with Gasteiger partial charge in [-0.05, 0) is 24.6 Å². The SMILES string of the molecule is CCC(F)(F)c1cc(OC)c(C)cc1OC. The molecule has 0 spiro atoms. The van der Waals surface area contributed by atoms with E-state index in [1.807, 2.05) is 0 Å². The number of rotatable bonds is 4. The third-order valence-corrected chi connectivity index (χ3v) is 2.56. The molecule has 0 radical (unpaired) electrons. The first-order chi connectivity index (χ1) is 7.46. The summed E-state index contributed by atoms with van der Waals surface area (Å²) in [5.41, 5.74) is 0.648. The molecule has 90 valence electrons. The fraction of sp³-hybridized carbons (Fsp3) is 0.500. The van der Waals surface area contributed by atoms with E-state index in [0.717, 1.165) is 5.56 Å². The van der Waals surface area contributed by atoms with Crippen LogP contribution >= 0.6 is 0 Å². The van der Waals surface area contributed by atoms with Crippen LogP contribution in [0.25, 0.3) is 0 Å². The average Bonchev–Trinajstić information content (AvgIpc) is 2.28. The molecule has 0 fully saturated rings. The first-order valence-electron chi connectivity index (χ1n) is 5.07. The van der Waals surface area contributed by atoms with E-state index in [4.69, 9.17) is 9.47 Å². The average molecular weight is 230 g/mol. The van der Waals surface area contributed by atoms with Crippen molar-refractivity contribution in [1.29, 1.82) is 0 Å². The van der Waals surface area contributed by atoms with Crippen LogP contribution in [0.1, 0.15) is 24.5 Å². The lowest BCUT2D eigenvalue weighted by Gasteiger charge is -2.19. The summed E-state index contributed by atoms with van der Waals surface area (Å²) in [6, 6.07) is 2.91. The van der Waals surface area contributed by atoms with E-state index in [2.05, 4.69) is 0 Å². The zero-order valence-electron chi connectivity index (χ0n) is 9.93. The molecule has 0 atom stereocenters. The second-order valence-corrected chi connectivity index (χ2v) is 3.58. The van der Waals surface area contributed by atoms with E-state index in [-0.39, 0.29) is 17.7 Å². The van der Waals surface area contributed by atoms with Crippen molar-refractivity contribution in [3.63, 3.8) is 0 Å². The quantitative estimate of drug-likeness (QED) is 0.788. The van der Waals surface area contributed by atoms with E-state index in [1.54, 1.807) is 13.0 Å². The zero-order chi connectivity index (χ0) is 12.3. The van der Waals surface area contributed by atoms with Crippen LogP contribution in [0, 0.1) is 6.92 Å². The second-order valence-electron chi connectivity index (χ2n) is 3.58. The molecule has 0 aliphatic heterocycles. The van der Waals surface area contributed by atoms with E-state index in [0.29, 0.717) is 5.75 Å². The fourth-order valence-corrected chi connectivity index (χ4v) is 1.53. The van der Waals surface area contributed by atoms with Crippen molar-refractivity contribution in [2.24, 2.45) is 0 Å². The Morgan fingerprint density at radius 2 is 1.69 bits per heavy atom. The highest BCUT2D eigenvalue weighted by Gasteiger charge is 2.33. The maximum Gasteiger partial charge on any atom is 0.276 e. The lowest BCUT2D eigenvalue weighted by Crippen LogP contribution is -2.13. The number of alkyl halides is 2. The van der Waals surface area contributed by atoms with Gasteiger partial charge in [0.15, 0.2) is 0 Å². The maximum absolute atomic E-state index is 13.6. The van der Waals surface area contributed by atoms with Crippen LogP contribution < -0.4 is 9.47 Å². The Balaban J connectivity index is 3.36. The summed E-state index contributed by atoms with van der Waals surface area (Å²) in [6.07, 6.45) is -0.268. The molecule has 16 heavy (non-hydrogen) atoms. The summed E-state index contributed by atoms with van der Waals surface area (Å²) >= 11 is 0. The summed E-state index contributed by atoms with van der Waals surface area (Å²) in [7, 11) is 2.85. The number of halogens is 2. The molecule has 0 amide bonds. The molecule has 0 saturated heterocycles. The second kappa shape index (κ2) is 4.68. The summed E-state index contributed by atoms with van der Waals surface area (Å²) < 4.78 is 37.3. The third kappa shape index (κ3) is 2.26. The van der Waals surface area contributed by atoms with Crippen LogP contribution in [0.2, 0.25) is 0 Å². The minimum atomic E-state index is -2.90. The van der Waals surface area contributed by atoms with Gasteiger partial charge in [-0.3, -0.25) is 0 Å². The smallest absolute Gasteiger partial charge is 0.276 e. The van der Waals surface area contributed by atoms with E-state index >= 15 is 0 Å². The van der Waals surface area contributed by atoms with Gasteiger partial charge in [0.2, 0.25) is 0 Å². The molecule has 0 aromatic heterocycles. The molecule has 0 saturated carbocycles. The van der Waals surface area contributed by atoms with Crippen molar-refractivity contribution < 1.29 is 18.3 Å². The van der Waals surface area contributed by atoms with Gasteiger partial charge in [0, 0.05) is 6.42 Å². The predicted molar refractivity (Wildman–Crippen MR) is 58.5 cm³/mol. The molecule has 0 N–H and O–H groups in total. The highest BCUT2D eigenvalue weighted by molar-refractivity contribution is 5.47. The first kappa shape index (κ1) is 12.7. The fourth-order valence-electron chi connectivity index (χ4n) is 1.53. The topological polar surface area (TPSA) is 18.5 Å². The molecule has 1 aromatic rings. The van der Waals surface area contributed by atoms with Gasteiger partial charge in [0.1, 0.15) is 11.5 Å². The molecule has 4 heteroatoms. The molecule has 1 aromatic carbocycles. The number of ether oxygens (including phenoxy) is 2. The predicted octanol–water partition coefficient (Wildman–Crippen LogP) is 3.51. The van der Waals surface area contributed by atoms with E-state index in [9.17, 15) is 8.78 Å². The normalized spacial score (nSPS) is 11.4. The van der Waals surface area contributed by atoms with Gasteiger partial charge in [-0.25, -0.2) is 8.78 Å². The lowest BCUT2D eigenvalue weighted by atomic mass is 10.0. The van der Waals surface area contributed by atoms with Gasteiger partial charge in [-0.1, -0.05) is 6.92 Å². The van der Waals surface area contributed by atoms with Gasteiger partial charge in [-0.2, -0.15) is 0 Å². The van der Waals surface area contributed by atoms with Crippen LogP contribution in [0.3, 0.4) is 0 Å². The summed E-state index contributed by atoms with van der Waals surface area (Å²) in [5, 5.41) is 0. The summed E-state index contributed by atoms with van der Waals surface area (Å²) in [6.45, 7) is 3.22. The van der Waals surface area contributed by atoms with Gasteiger partial charge >= 0.3 is 0 Å². The standard InChI is InChI=1S/C12H16F2O2/c1-5-12(13,14)9-7-10(15-3)8(2)6-11(9)16-4/h6-7H,5H2,1-4H3. The van der Waals surface area contributed by atoms with Crippen molar-refractivity contribution >= 4 is 0 Å². The Labute approximate surface area is 94.2 Å². The molecule has 0 heterocycles. The van der Waals surface area contributed by atoms with Crippen molar-refractivity contribution in [2.75, 3.05) is 14.2 Å². The third-order valence-electron chi connectivity index (χ3n) is 2.56. The molecule has 0 aliphatic carbocycles. The van der Waals surface area contributed by atoms with Crippen LogP contribution in [-0.2, 0) is 5.92 Å². The van der Waals surface area contributed by atoms with Crippen LogP contribution in [-0.4, -0.2) is 14.2 Å². The number of aryl methyl sites for hydroxylation is 1. The highest BCUT2D eigenvalue weighted by atomic mass is 19.3. The van der Waals surface area contributed by atoms with Crippen molar-refractivity contribution in [3.8, 4) is 11.5 Å². The maximum atomic E-state index is 13.6. The minimum absolute atomic E-state index is 0.125. The van der Waals surface area contributed by atoms with Crippen LogP contribution in [0.5, 0.6) is 11.5 Å². The summed E-state index contributed by atoms with van der Waals surface area (Å²) in [4.78, 5) is 0. The Bertz CT molecular complexity index is 376. The molecule has 0 aliphatic rings. The van der Waals surface area contributed by atoms with Gasteiger partial charge in [-0.15, -0.1) is 0 Å². The molecule has 1 rings (SSSR count). The van der Waals surface area contributed by atoms with Crippen LogP contribution in [0.15, 0.2) is 12.1 Å². The largest absolute Gasteiger partial charge is 0.496 e. The van der Waals surface area contributed by atoms with Crippen molar-refractivity contribution in [3.05, 3.63) is 23.3 Å². The summed E-state index contributed by atoms with van der Waals surface area (Å²) in [5.74, 6) is -2.25. The van der Waals surface area contributed by atoms with E-state index in [1.165, 1.54) is 27.2 Å². The molecular formula is C12H16F2O2. The Morgan fingerprint density at radius 1 is 1.12 bits per heavy atom. The van der Waals surface area contributed by atoms with Crippen molar-refractivity contribution in [2.45, 2.75) is 26.2 Å². The molecule has 0 unspecified atom stereocenters. The Hall–Kier alpha value is -1.32. The lowest BCUT2D eigenvalue weighted by molar-refractivity contribution is -0.0106. The molecule has 0 bridgehead atoms. The molecule has 2 nitrogen and oxygen atoms in total. The van der Waals surface area contributed by atoms with Gasteiger partial charge < -0.3 is 9.47 Å². The van der Waals surface area contributed by atoms with E-state index < -0.39 is 5.92 Å². The Morgan fingerprint density at radius 3 is 2.12 bits per heavy atom. The molecular weight excluding hydrogens is 214 g/mol. The van der Waals surface area contributed by atoms with Crippen molar-refractivity contribution in [1.82, 2.24) is 0 Å².